The van der Waals surface area contributed by atoms with Gasteiger partial charge in [0.15, 0.2) is 0 Å². The molecule has 1 aliphatic heterocycles. The summed E-state index contributed by atoms with van der Waals surface area (Å²) in [6, 6.07) is 18.6. The zero-order valence-electron chi connectivity index (χ0n) is 16.9. The smallest absolute Gasteiger partial charge is 0.410 e. The van der Waals surface area contributed by atoms with Crippen molar-refractivity contribution in [1.82, 2.24) is 9.88 Å². The van der Waals surface area contributed by atoms with E-state index in [1.54, 1.807) is 11.1 Å². The summed E-state index contributed by atoms with van der Waals surface area (Å²) in [6.45, 7) is 2.44. The summed E-state index contributed by atoms with van der Waals surface area (Å²) in [6.07, 6.45) is 4.46. The predicted octanol–water partition coefficient (Wildman–Crippen LogP) is 5.63. The van der Waals surface area contributed by atoms with Crippen LogP contribution in [-0.2, 0) is 11.3 Å². The Hall–Kier alpha value is -2.86. The number of carbonyl (C=O) groups excluding carboxylic acids is 1. The molecule has 0 radical (unpaired) electrons. The topological polar surface area (TPSA) is 51.7 Å². The van der Waals surface area contributed by atoms with Gasteiger partial charge in [0, 0.05) is 24.7 Å². The number of hydrogen-bond acceptors (Lipinski definition) is 5. The van der Waals surface area contributed by atoms with Gasteiger partial charge in [-0.2, -0.15) is 0 Å². The van der Waals surface area contributed by atoms with Crippen LogP contribution in [0.15, 0.2) is 66.2 Å². The molecule has 2 aromatic carbocycles. The van der Waals surface area contributed by atoms with Gasteiger partial charge in [-0.1, -0.05) is 42.5 Å². The first kappa shape index (κ1) is 20.4. The lowest BCUT2D eigenvalue weighted by atomic mass is 9.94. The molecule has 1 amide bonds. The van der Waals surface area contributed by atoms with E-state index in [1.165, 1.54) is 22.5 Å². The first-order valence-corrected chi connectivity index (χ1v) is 11.2. The minimum absolute atomic E-state index is 0.238. The van der Waals surface area contributed by atoms with E-state index >= 15 is 0 Å². The number of hydrogen-bond donors (Lipinski definition) is 0. The molecule has 0 aliphatic carbocycles. The molecule has 5 nitrogen and oxygen atoms in total. The molecule has 0 N–H and O–H groups in total. The van der Waals surface area contributed by atoms with Crippen molar-refractivity contribution < 1.29 is 14.3 Å². The molecule has 0 saturated carbocycles. The van der Waals surface area contributed by atoms with Crippen LogP contribution in [0, 0.1) is 5.92 Å². The Morgan fingerprint density at radius 3 is 2.47 bits per heavy atom. The van der Waals surface area contributed by atoms with E-state index in [9.17, 15) is 4.79 Å². The number of amides is 1. The zero-order chi connectivity index (χ0) is 20.6. The molecule has 30 heavy (non-hydrogen) atoms. The second-order valence-corrected chi connectivity index (χ2v) is 8.42. The van der Waals surface area contributed by atoms with Crippen LogP contribution in [0.2, 0.25) is 0 Å². The van der Waals surface area contributed by atoms with Crippen LogP contribution in [0.1, 0.15) is 24.3 Å². The van der Waals surface area contributed by atoms with Crippen LogP contribution >= 0.6 is 11.3 Å². The molecule has 0 bridgehead atoms. The van der Waals surface area contributed by atoms with Gasteiger partial charge in [0.2, 0.25) is 0 Å². The molecular formula is C24H26N2O3S. The maximum Gasteiger partial charge on any atom is 0.410 e. The summed E-state index contributed by atoms with van der Waals surface area (Å²) in [5.74, 6) is 1.48. The molecule has 0 spiro atoms. The number of likely N-dealkylation sites (tertiary alicyclic amines) is 1. The molecule has 3 aromatic rings. The maximum atomic E-state index is 12.2. The summed E-state index contributed by atoms with van der Waals surface area (Å²) in [5, 5.41) is 2.71. The Balaban J connectivity index is 1.15. The molecule has 2 heterocycles. The average molecular weight is 423 g/mol. The quantitative estimate of drug-likeness (QED) is 0.495. The van der Waals surface area contributed by atoms with E-state index in [-0.39, 0.29) is 12.7 Å². The highest BCUT2D eigenvalue weighted by atomic mass is 32.1. The van der Waals surface area contributed by atoms with Crippen molar-refractivity contribution in [2.75, 3.05) is 19.7 Å². The molecule has 1 aromatic heterocycles. The second-order valence-electron chi connectivity index (χ2n) is 7.44. The molecule has 1 saturated heterocycles. The van der Waals surface area contributed by atoms with Gasteiger partial charge in [-0.05, 0) is 48.4 Å². The third-order valence-electron chi connectivity index (χ3n) is 5.43. The molecule has 1 fully saturated rings. The van der Waals surface area contributed by atoms with Gasteiger partial charge in [0.1, 0.15) is 17.4 Å². The lowest BCUT2D eigenvalue weighted by Gasteiger charge is -2.31. The Bertz CT molecular complexity index is 905. The first-order chi connectivity index (χ1) is 14.8. The van der Waals surface area contributed by atoms with Crippen molar-refractivity contribution in [3.63, 3.8) is 0 Å². The van der Waals surface area contributed by atoms with Crippen LogP contribution in [0.3, 0.4) is 0 Å². The maximum absolute atomic E-state index is 12.2. The monoisotopic (exact) mass is 422 g/mol. The van der Waals surface area contributed by atoms with E-state index in [1.807, 2.05) is 35.7 Å². The third kappa shape index (κ3) is 5.60. The van der Waals surface area contributed by atoms with E-state index in [4.69, 9.17) is 9.47 Å². The van der Waals surface area contributed by atoms with Crippen molar-refractivity contribution in [1.29, 1.82) is 0 Å². The van der Waals surface area contributed by atoms with Crippen LogP contribution in [0.4, 0.5) is 4.79 Å². The van der Waals surface area contributed by atoms with Gasteiger partial charge in [-0.15, -0.1) is 11.3 Å². The van der Waals surface area contributed by atoms with E-state index in [2.05, 4.69) is 29.2 Å². The van der Waals surface area contributed by atoms with Crippen LogP contribution in [0.5, 0.6) is 5.75 Å². The van der Waals surface area contributed by atoms with Gasteiger partial charge in [0.25, 0.3) is 0 Å². The highest BCUT2D eigenvalue weighted by Crippen LogP contribution is 2.24. The molecule has 4 rings (SSSR count). The van der Waals surface area contributed by atoms with Crippen molar-refractivity contribution in [3.8, 4) is 16.9 Å². The lowest BCUT2D eigenvalue weighted by molar-refractivity contribution is 0.0799. The lowest BCUT2D eigenvalue weighted by Crippen LogP contribution is -2.39. The standard InChI is InChI=1S/C24H26N2O3S/c27-24(29-18-23-25-13-17-30-23)26-14-10-19(11-15-26)12-16-28-22-8-6-21(7-9-22)20-4-2-1-3-5-20/h1-9,13,17,19H,10-12,14-16,18H2. The Morgan fingerprint density at radius 2 is 1.77 bits per heavy atom. The van der Waals surface area contributed by atoms with Gasteiger partial charge < -0.3 is 14.4 Å². The predicted molar refractivity (Wildman–Crippen MR) is 119 cm³/mol. The summed E-state index contributed by atoms with van der Waals surface area (Å²) in [7, 11) is 0. The Morgan fingerprint density at radius 1 is 1.03 bits per heavy atom. The summed E-state index contributed by atoms with van der Waals surface area (Å²) in [5.41, 5.74) is 2.40. The number of aromatic nitrogens is 1. The van der Waals surface area contributed by atoms with Gasteiger partial charge in [-0.3, -0.25) is 0 Å². The van der Waals surface area contributed by atoms with Gasteiger partial charge in [-0.25, -0.2) is 9.78 Å². The van der Waals surface area contributed by atoms with Crippen molar-refractivity contribution in [2.45, 2.75) is 25.9 Å². The number of rotatable bonds is 7. The fourth-order valence-electron chi connectivity index (χ4n) is 3.66. The van der Waals surface area contributed by atoms with Gasteiger partial charge in [0.05, 0.1) is 6.61 Å². The Kier molecular flexibility index (Phi) is 6.98. The van der Waals surface area contributed by atoms with Crippen LogP contribution in [-0.4, -0.2) is 35.7 Å². The van der Waals surface area contributed by atoms with Crippen LogP contribution in [0.25, 0.3) is 11.1 Å². The number of thiazole rings is 1. The van der Waals surface area contributed by atoms with Crippen molar-refractivity contribution >= 4 is 17.4 Å². The summed E-state index contributed by atoms with van der Waals surface area (Å²) < 4.78 is 11.3. The molecule has 1 aliphatic rings. The number of nitrogens with zero attached hydrogens (tertiary/aromatic N) is 2. The third-order valence-corrected chi connectivity index (χ3v) is 6.18. The van der Waals surface area contributed by atoms with Crippen molar-refractivity contribution in [3.05, 3.63) is 71.2 Å². The molecule has 0 unspecified atom stereocenters. The molecular weight excluding hydrogens is 396 g/mol. The van der Waals surface area contributed by atoms with E-state index in [0.717, 1.165) is 43.1 Å². The average Bonchev–Trinajstić information content (AvgIpc) is 3.33. The first-order valence-electron chi connectivity index (χ1n) is 10.4. The highest BCUT2D eigenvalue weighted by molar-refractivity contribution is 7.09. The zero-order valence-corrected chi connectivity index (χ0v) is 17.7. The summed E-state index contributed by atoms with van der Waals surface area (Å²) in [4.78, 5) is 18.1. The van der Waals surface area contributed by atoms with E-state index in [0.29, 0.717) is 12.5 Å². The van der Waals surface area contributed by atoms with E-state index < -0.39 is 0 Å². The fourth-order valence-corrected chi connectivity index (χ4v) is 4.19. The fraction of sp³-hybridized carbons (Fsp3) is 0.333. The number of ether oxygens (including phenoxy) is 2. The number of benzene rings is 2. The SMILES string of the molecule is O=C(OCc1nccs1)N1CCC(CCOc2ccc(-c3ccccc3)cc2)CC1. The number of piperidine rings is 1. The Labute approximate surface area is 181 Å². The van der Waals surface area contributed by atoms with Gasteiger partial charge >= 0.3 is 6.09 Å². The number of carbonyl (C=O) groups is 1. The summed E-state index contributed by atoms with van der Waals surface area (Å²) >= 11 is 1.50. The molecule has 156 valence electrons. The molecule has 0 atom stereocenters. The largest absolute Gasteiger partial charge is 0.494 e. The normalized spacial score (nSPS) is 14.5. The highest BCUT2D eigenvalue weighted by Gasteiger charge is 2.23. The minimum Gasteiger partial charge on any atom is -0.494 e. The van der Waals surface area contributed by atoms with Crippen molar-refractivity contribution in [2.24, 2.45) is 5.92 Å². The molecule has 6 heteroatoms. The second kappa shape index (κ2) is 10.3. The minimum atomic E-state index is -0.238. The van der Waals surface area contributed by atoms with Crippen LogP contribution < -0.4 is 4.74 Å².